The summed E-state index contributed by atoms with van der Waals surface area (Å²) in [5.41, 5.74) is -0.347. The Balaban J connectivity index is 2.44. The van der Waals surface area contributed by atoms with Gasteiger partial charge in [0.2, 0.25) is 0 Å². The lowest BCUT2D eigenvalue weighted by atomic mass is 10.3. The highest BCUT2D eigenvalue weighted by atomic mass is 35.5. The van der Waals surface area contributed by atoms with Crippen molar-refractivity contribution in [2.24, 2.45) is 0 Å². The largest absolute Gasteiger partial charge is 0.477 e. The number of hydrogen-bond donors (Lipinski definition) is 2. The minimum atomic E-state index is -4.20. The predicted molar refractivity (Wildman–Crippen MR) is 73.5 cm³/mol. The summed E-state index contributed by atoms with van der Waals surface area (Å²) in [6, 6.07) is 4.51. The fourth-order valence-corrected chi connectivity index (χ4v) is 3.93. The van der Waals surface area contributed by atoms with Gasteiger partial charge in [-0.05, 0) is 29.6 Å². The predicted octanol–water partition coefficient (Wildman–Crippen LogP) is 3.04. The molecule has 1 heterocycles. The van der Waals surface area contributed by atoms with Crippen molar-refractivity contribution >= 4 is 44.6 Å². The van der Waals surface area contributed by atoms with Gasteiger partial charge >= 0.3 is 5.97 Å². The second-order valence-corrected chi connectivity index (χ2v) is 6.65. The summed E-state index contributed by atoms with van der Waals surface area (Å²) in [5, 5.41) is 10.4. The van der Waals surface area contributed by atoms with Gasteiger partial charge in [-0.15, -0.1) is 11.3 Å². The maximum Gasteiger partial charge on any atom is 0.347 e. The molecule has 1 aromatic heterocycles. The van der Waals surface area contributed by atoms with E-state index in [0.717, 1.165) is 29.5 Å². The van der Waals surface area contributed by atoms with E-state index in [-0.39, 0.29) is 15.6 Å². The first-order valence-electron chi connectivity index (χ1n) is 5.10. The van der Waals surface area contributed by atoms with Crippen molar-refractivity contribution in [2.75, 3.05) is 4.72 Å². The summed E-state index contributed by atoms with van der Waals surface area (Å²) in [6.45, 7) is 0. The number of carboxylic acid groups (broad SMARTS) is 1. The third kappa shape index (κ3) is 2.92. The number of nitrogens with one attached hydrogen (secondary N) is 1. The second kappa shape index (κ2) is 5.39. The molecule has 0 bridgehead atoms. The van der Waals surface area contributed by atoms with Crippen LogP contribution in [0.2, 0.25) is 5.02 Å². The lowest BCUT2D eigenvalue weighted by molar-refractivity contribution is 0.0698. The third-order valence-corrected chi connectivity index (χ3v) is 4.96. The summed E-state index contributed by atoms with van der Waals surface area (Å²) in [7, 11) is -4.20. The lowest BCUT2D eigenvalue weighted by Gasteiger charge is -2.08. The number of hydrogen-bond acceptors (Lipinski definition) is 4. The van der Waals surface area contributed by atoms with Crippen LogP contribution in [0.15, 0.2) is 34.5 Å². The molecule has 0 fully saturated rings. The van der Waals surface area contributed by atoms with E-state index in [0.29, 0.717) is 0 Å². The Hall–Kier alpha value is -1.64. The summed E-state index contributed by atoms with van der Waals surface area (Å²) in [6.07, 6.45) is 0. The molecular formula is C11H7ClFNO4S2. The Labute approximate surface area is 122 Å². The molecule has 0 saturated heterocycles. The first kappa shape index (κ1) is 14.8. The maximum absolute atomic E-state index is 13.5. The Morgan fingerprint density at radius 1 is 1.35 bits per heavy atom. The smallest absolute Gasteiger partial charge is 0.347 e. The van der Waals surface area contributed by atoms with Crippen LogP contribution in [-0.4, -0.2) is 19.5 Å². The molecule has 0 atom stereocenters. The Bertz CT molecular complexity index is 772. The number of thiophene rings is 1. The molecular weight excluding hydrogens is 329 g/mol. The van der Waals surface area contributed by atoms with Crippen LogP contribution in [0.1, 0.15) is 9.67 Å². The van der Waals surface area contributed by atoms with Gasteiger partial charge in [0.05, 0.1) is 5.69 Å². The van der Waals surface area contributed by atoms with E-state index < -0.39 is 26.7 Å². The van der Waals surface area contributed by atoms with Crippen molar-refractivity contribution in [3.63, 3.8) is 0 Å². The summed E-state index contributed by atoms with van der Waals surface area (Å²) >= 11 is 6.42. The zero-order valence-electron chi connectivity index (χ0n) is 9.63. The van der Waals surface area contributed by atoms with Crippen molar-refractivity contribution in [2.45, 2.75) is 4.90 Å². The number of benzene rings is 1. The highest BCUT2D eigenvalue weighted by molar-refractivity contribution is 7.93. The first-order valence-corrected chi connectivity index (χ1v) is 7.84. The van der Waals surface area contributed by atoms with Crippen LogP contribution in [0.3, 0.4) is 0 Å². The van der Waals surface area contributed by atoms with Crippen molar-refractivity contribution < 1.29 is 22.7 Å². The topological polar surface area (TPSA) is 83.5 Å². The van der Waals surface area contributed by atoms with Crippen LogP contribution in [0.4, 0.5) is 10.1 Å². The highest BCUT2D eigenvalue weighted by Crippen LogP contribution is 2.26. The van der Waals surface area contributed by atoms with Crippen LogP contribution < -0.4 is 4.72 Å². The zero-order valence-corrected chi connectivity index (χ0v) is 12.0. The molecule has 0 radical (unpaired) electrons. The van der Waals surface area contributed by atoms with Gasteiger partial charge in [-0.1, -0.05) is 11.6 Å². The highest BCUT2D eigenvalue weighted by Gasteiger charge is 2.24. The van der Waals surface area contributed by atoms with E-state index in [1.54, 1.807) is 0 Å². The summed E-state index contributed by atoms with van der Waals surface area (Å²) in [4.78, 5) is 10.2. The minimum absolute atomic E-state index is 0.146. The number of anilines is 1. The second-order valence-electron chi connectivity index (χ2n) is 3.65. The molecule has 2 N–H and O–H groups in total. The number of sulfonamides is 1. The van der Waals surface area contributed by atoms with Gasteiger partial charge in [0.25, 0.3) is 10.0 Å². The molecule has 0 aliphatic rings. The first-order chi connectivity index (χ1) is 9.31. The molecule has 9 heteroatoms. The van der Waals surface area contributed by atoms with E-state index in [1.165, 1.54) is 11.4 Å². The number of halogens is 2. The van der Waals surface area contributed by atoms with Crippen LogP contribution in [0, 0.1) is 5.82 Å². The van der Waals surface area contributed by atoms with Crippen molar-refractivity contribution in [1.82, 2.24) is 0 Å². The molecule has 0 aliphatic heterocycles. The molecule has 0 aliphatic carbocycles. The molecule has 2 aromatic rings. The Morgan fingerprint density at radius 3 is 2.70 bits per heavy atom. The molecule has 2 rings (SSSR count). The van der Waals surface area contributed by atoms with Crippen LogP contribution >= 0.6 is 22.9 Å². The fourth-order valence-electron chi connectivity index (χ4n) is 1.44. The molecule has 0 saturated carbocycles. The standard InChI is InChI=1S/C11H7ClFNO4S2/c12-6-1-2-7(13)8(5-6)14-20(17,18)9-3-4-19-10(9)11(15)16/h1-5,14H,(H,15,16). The maximum atomic E-state index is 13.5. The van der Waals surface area contributed by atoms with Gasteiger partial charge < -0.3 is 5.11 Å². The van der Waals surface area contributed by atoms with Crippen molar-refractivity contribution in [3.05, 3.63) is 45.4 Å². The number of carbonyl (C=O) groups is 1. The monoisotopic (exact) mass is 335 g/mol. The van der Waals surface area contributed by atoms with Crippen LogP contribution in [0.25, 0.3) is 0 Å². The Morgan fingerprint density at radius 2 is 2.05 bits per heavy atom. The number of aromatic carboxylic acids is 1. The van der Waals surface area contributed by atoms with Crippen molar-refractivity contribution in [3.8, 4) is 0 Å². The van der Waals surface area contributed by atoms with Gasteiger partial charge in [0, 0.05) is 5.02 Å². The van der Waals surface area contributed by atoms with Crippen molar-refractivity contribution in [1.29, 1.82) is 0 Å². The average Bonchev–Trinajstić information content (AvgIpc) is 2.83. The van der Waals surface area contributed by atoms with Gasteiger partial charge in [-0.25, -0.2) is 17.6 Å². The van der Waals surface area contributed by atoms with Gasteiger partial charge in [-0.3, -0.25) is 4.72 Å². The normalized spacial score (nSPS) is 11.3. The quantitative estimate of drug-likeness (QED) is 0.899. The van der Waals surface area contributed by atoms with E-state index in [1.807, 2.05) is 4.72 Å². The van der Waals surface area contributed by atoms with E-state index in [4.69, 9.17) is 16.7 Å². The zero-order chi connectivity index (χ0) is 14.9. The minimum Gasteiger partial charge on any atom is -0.477 e. The Kier molecular flexibility index (Phi) is 3.98. The average molecular weight is 336 g/mol. The number of rotatable bonds is 4. The number of carboxylic acids is 1. The van der Waals surface area contributed by atoms with E-state index in [9.17, 15) is 17.6 Å². The molecule has 1 aromatic carbocycles. The van der Waals surface area contributed by atoms with Crippen LogP contribution in [-0.2, 0) is 10.0 Å². The molecule has 20 heavy (non-hydrogen) atoms. The molecule has 106 valence electrons. The van der Waals surface area contributed by atoms with E-state index in [2.05, 4.69) is 0 Å². The molecule has 0 spiro atoms. The van der Waals surface area contributed by atoms with Gasteiger partial charge in [0.1, 0.15) is 15.6 Å². The molecule has 5 nitrogen and oxygen atoms in total. The molecule has 0 amide bonds. The summed E-state index contributed by atoms with van der Waals surface area (Å²) < 4.78 is 39.6. The van der Waals surface area contributed by atoms with Crippen LogP contribution in [0.5, 0.6) is 0 Å². The van der Waals surface area contributed by atoms with Gasteiger partial charge in [-0.2, -0.15) is 0 Å². The SMILES string of the molecule is O=C(O)c1sccc1S(=O)(=O)Nc1cc(Cl)ccc1F. The lowest BCUT2D eigenvalue weighted by Crippen LogP contribution is -2.16. The van der Waals surface area contributed by atoms with Gasteiger partial charge in [0.15, 0.2) is 0 Å². The van der Waals surface area contributed by atoms with E-state index >= 15 is 0 Å². The summed E-state index contributed by atoms with van der Waals surface area (Å²) in [5.74, 6) is -2.18. The fraction of sp³-hybridized carbons (Fsp3) is 0. The third-order valence-electron chi connectivity index (χ3n) is 2.29. The molecule has 0 unspecified atom stereocenters.